The number of carbonyl (C=O) groups excluding carboxylic acids is 1. The van der Waals surface area contributed by atoms with E-state index in [1.54, 1.807) is 43.6 Å². The first-order chi connectivity index (χ1) is 15.6. The number of aryl methyl sites for hydroxylation is 1. The van der Waals surface area contributed by atoms with E-state index in [1.165, 1.54) is 16.7 Å². The minimum absolute atomic E-state index is 0.219. The van der Waals surface area contributed by atoms with Gasteiger partial charge >= 0.3 is 0 Å². The molecule has 0 saturated heterocycles. The fourth-order valence-electron chi connectivity index (χ4n) is 4.37. The van der Waals surface area contributed by atoms with Crippen molar-refractivity contribution in [2.75, 3.05) is 19.5 Å². The minimum Gasteiger partial charge on any atom is -0.493 e. The summed E-state index contributed by atoms with van der Waals surface area (Å²) in [7, 11) is 3.08. The summed E-state index contributed by atoms with van der Waals surface area (Å²) >= 11 is 1.56. The number of anilines is 1. The molecular weight excluding hydrogens is 440 g/mol. The number of fused-ring (bicyclic) bond motifs is 3. The number of hydrogen-bond acceptors (Lipinski definition) is 7. The van der Waals surface area contributed by atoms with Crippen LogP contribution in [0.2, 0.25) is 0 Å². The highest BCUT2D eigenvalue weighted by molar-refractivity contribution is 7.18. The van der Waals surface area contributed by atoms with E-state index < -0.39 is 6.04 Å². The number of carbonyl (C=O) groups is 1. The highest BCUT2D eigenvalue weighted by Crippen LogP contribution is 2.42. The number of ether oxygens (including phenoxy) is 2. The van der Waals surface area contributed by atoms with Gasteiger partial charge < -0.3 is 14.8 Å². The number of rotatable bonds is 5. The third kappa shape index (κ3) is 4.34. The van der Waals surface area contributed by atoms with Gasteiger partial charge in [0, 0.05) is 16.6 Å². The first kappa shape index (κ1) is 23.2. The Hall–Kier alpha value is -2.94. The first-order valence-electron chi connectivity index (χ1n) is 11.1. The van der Waals surface area contributed by atoms with Gasteiger partial charge in [-0.15, -0.1) is 16.4 Å². The summed E-state index contributed by atoms with van der Waals surface area (Å²) in [5, 5.41) is 11.8. The lowest BCUT2D eigenvalue weighted by atomic mass is 9.72. The van der Waals surface area contributed by atoms with Crippen LogP contribution < -0.4 is 20.3 Å². The zero-order valence-corrected chi connectivity index (χ0v) is 20.7. The van der Waals surface area contributed by atoms with Crippen LogP contribution in [0, 0.1) is 11.3 Å². The summed E-state index contributed by atoms with van der Waals surface area (Å²) in [5.74, 6) is 1.26. The Morgan fingerprint density at radius 1 is 1.24 bits per heavy atom. The van der Waals surface area contributed by atoms with Crippen molar-refractivity contribution in [1.82, 2.24) is 15.0 Å². The van der Waals surface area contributed by atoms with Gasteiger partial charge in [0.25, 0.3) is 5.56 Å². The highest BCUT2D eigenvalue weighted by Gasteiger charge is 2.32. The summed E-state index contributed by atoms with van der Waals surface area (Å²) < 4.78 is 11.7. The van der Waals surface area contributed by atoms with Crippen molar-refractivity contribution in [3.63, 3.8) is 0 Å². The fourth-order valence-corrected chi connectivity index (χ4v) is 5.61. The SMILES string of the molecule is COc1ccc(NC(=O)C(C)n2nnc3sc4c(c3c2=O)CCC(C(C)(C)C)C4)cc1OC. The molecule has 33 heavy (non-hydrogen) atoms. The van der Waals surface area contributed by atoms with Crippen molar-refractivity contribution in [1.29, 1.82) is 0 Å². The average Bonchev–Trinajstić information content (AvgIpc) is 3.16. The molecule has 176 valence electrons. The standard InChI is InChI=1S/C24H30N4O4S/c1-13(21(29)25-15-8-10-17(31-5)18(12-15)32-6)28-23(30)20-16-9-7-14(24(2,3)4)11-19(16)33-22(20)26-27-28/h8,10,12-14H,7,9,11H2,1-6H3,(H,25,29). The van der Waals surface area contributed by atoms with Crippen LogP contribution in [0.5, 0.6) is 11.5 Å². The van der Waals surface area contributed by atoms with Gasteiger partial charge in [0.2, 0.25) is 5.91 Å². The Bertz CT molecular complexity index is 1260. The molecule has 1 N–H and O–H groups in total. The van der Waals surface area contributed by atoms with E-state index in [4.69, 9.17) is 9.47 Å². The van der Waals surface area contributed by atoms with E-state index in [2.05, 4.69) is 36.4 Å². The number of amides is 1. The van der Waals surface area contributed by atoms with Crippen molar-refractivity contribution in [3.8, 4) is 11.5 Å². The summed E-state index contributed by atoms with van der Waals surface area (Å²) in [4.78, 5) is 28.2. The van der Waals surface area contributed by atoms with Gasteiger partial charge in [-0.05, 0) is 55.2 Å². The molecule has 2 aromatic heterocycles. The summed E-state index contributed by atoms with van der Waals surface area (Å²) in [6.45, 7) is 8.44. The van der Waals surface area contributed by atoms with Gasteiger partial charge in [0.1, 0.15) is 6.04 Å². The van der Waals surface area contributed by atoms with Crippen molar-refractivity contribution < 1.29 is 14.3 Å². The molecule has 0 radical (unpaired) electrons. The number of hydrogen-bond donors (Lipinski definition) is 1. The van der Waals surface area contributed by atoms with Crippen LogP contribution in [0.4, 0.5) is 5.69 Å². The Morgan fingerprint density at radius 2 is 1.97 bits per heavy atom. The van der Waals surface area contributed by atoms with Crippen LogP contribution in [0.15, 0.2) is 23.0 Å². The minimum atomic E-state index is -0.830. The van der Waals surface area contributed by atoms with E-state index >= 15 is 0 Å². The summed E-state index contributed by atoms with van der Waals surface area (Å²) in [5.41, 5.74) is 1.57. The molecule has 1 aromatic carbocycles. The van der Waals surface area contributed by atoms with Crippen LogP contribution in [0.3, 0.4) is 0 Å². The summed E-state index contributed by atoms with van der Waals surface area (Å²) in [6, 6.07) is 4.26. The molecule has 1 aliphatic carbocycles. The highest BCUT2D eigenvalue weighted by atomic mass is 32.1. The number of methoxy groups -OCH3 is 2. The molecule has 2 unspecified atom stereocenters. The van der Waals surface area contributed by atoms with Gasteiger partial charge in [-0.2, -0.15) is 4.68 Å². The second-order valence-corrected chi connectivity index (χ2v) is 10.6. The number of aromatic nitrogens is 3. The average molecular weight is 471 g/mol. The van der Waals surface area contributed by atoms with Crippen LogP contribution >= 0.6 is 11.3 Å². The second-order valence-electron chi connectivity index (χ2n) is 9.56. The van der Waals surface area contributed by atoms with Crippen LogP contribution in [-0.2, 0) is 17.6 Å². The molecular formula is C24H30N4O4S. The number of nitrogens with zero attached hydrogens (tertiary/aromatic N) is 3. The normalized spacial score (nSPS) is 16.8. The van der Waals surface area contributed by atoms with Gasteiger partial charge in [0.05, 0.1) is 19.6 Å². The van der Waals surface area contributed by atoms with Crippen molar-refractivity contribution in [2.45, 2.75) is 53.0 Å². The topological polar surface area (TPSA) is 95.3 Å². The molecule has 2 atom stereocenters. The van der Waals surface area contributed by atoms with E-state index in [9.17, 15) is 9.59 Å². The lowest BCUT2D eigenvalue weighted by Gasteiger charge is -2.33. The molecule has 0 aliphatic heterocycles. The van der Waals surface area contributed by atoms with E-state index in [-0.39, 0.29) is 16.9 Å². The maximum atomic E-state index is 13.4. The number of benzene rings is 1. The predicted molar refractivity (Wildman–Crippen MR) is 130 cm³/mol. The zero-order chi connectivity index (χ0) is 23.9. The van der Waals surface area contributed by atoms with E-state index in [1.807, 2.05) is 0 Å². The van der Waals surface area contributed by atoms with E-state index in [0.717, 1.165) is 24.8 Å². The molecule has 3 aromatic rings. The number of nitrogens with one attached hydrogen (secondary N) is 1. The molecule has 0 spiro atoms. The Morgan fingerprint density at radius 3 is 2.64 bits per heavy atom. The molecule has 8 nitrogen and oxygen atoms in total. The maximum absolute atomic E-state index is 13.4. The molecule has 9 heteroatoms. The van der Waals surface area contributed by atoms with Crippen LogP contribution in [0.25, 0.3) is 10.2 Å². The molecule has 0 saturated carbocycles. The van der Waals surface area contributed by atoms with E-state index in [0.29, 0.717) is 33.3 Å². The fraction of sp³-hybridized carbons (Fsp3) is 0.500. The Balaban J connectivity index is 1.62. The first-order valence-corrected chi connectivity index (χ1v) is 11.9. The van der Waals surface area contributed by atoms with Crippen molar-refractivity contribution in [3.05, 3.63) is 39.0 Å². The monoisotopic (exact) mass is 470 g/mol. The predicted octanol–water partition coefficient (Wildman–Crippen LogP) is 4.22. The third-order valence-electron chi connectivity index (χ3n) is 6.52. The Labute approximate surface area is 196 Å². The quantitative estimate of drug-likeness (QED) is 0.600. The molecule has 1 amide bonds. The molecule has 4 rings (SSSR count). The number of thiophene rings is 1. The molecule has 0 bridgehead atoms. The lowest BCUT2D eigenvalue weighted by molar-refractivity contribution is -0.119. The van der Waals surface area contributed by atoms with Crippen molar-refractivity contribution >= 4 is 33.1 Å². The summed E-state index contributed by atoms with van der Waals surface area (Å²) in [6.07, 6.45) is 2.85. The van der Waals surface area contributed by atoms with Crippen molar-refractivity contribution in [2.24, 2.45) is 11.3 Å². The molecule has 2 heterocycles. The van der Waals surface area contributed by atoms with Gasteiger partial charge in [-0.1, -0.05) is 26.0 Å². The Kier molecular flexibility index (Phi) is 6.18. The zero-order valence-electron chi connectivity index (χ0n) is 19.9. The molecule has 0 fully saturated rings. The molecule has 1 aliphatic rings. The third-order valence-corrected chi connectivity index (χ3v) is 7.66. The van der Waals surface area contributed by atoms with Gasteiger partial charge in [-0.3, -0.25) is 9.59 Å². The second kappa shape index (κ2) is 8.78. The van der Waals surface area contributed by atoms with Gasteiger partial charge in [0.15, 0.2) is 16.3 Å². The lowest BCUT2D eigenvalue weighted by Crippen LogP contribution is -2.34. The van der Waals surface area contributed by atoms with Crippen LogP contribution in [-0.4, -0.2) is 35.1 Å². The maximum Gasteiger partial charge on any atom is 0.279 e. The van der Waals surface area contributed by atoms with Crippen LogP contribution in [0.1, 0.15) is 50.6 Å². The largest absolute Gasteiger partial charge is 0.493 e. The smallest absolute Gasteiger partial charge is 0.279 e. The van der Waals surface area contributed by atoms with Gasteiger partial charge in [-0.25, -0.2) is 0 Å².